The van der Waals surface area contributed by atoms with Gasteiger partial charge >= 0.3 is 0 Å². The Balaban J connectivity index is 2.62. The number of amides is 1. The van der Waals surface area contributed by atoms with Gasteiger partial charge in [-0.05, 0) is 25.0 Å². The second-order valence-corrected chi connectivity index (χ2v) is 3.95. The second kappa shape index (κ2) is 4.89. The highest BCUT2D eigenvalue weighted by molar-refractivity contribution is 5.94. The van der Waals surface area contributed by atoms with Crippen molar-refractivity contribution in [3.63, 3.8) is 0 Å². The van der Waals surface area contributed by atoms with Crippen LogP contribution >= 0.6 is 0 Å². The number of aromatic nitrogens is 1. The molecule has 15 heavy (non-hydrogen) atoms. The summed E-state index contributed by atoms with van der Waals surface area (Å²) in [7, 11) is 0. The zero-order valence-corrected chi connectivity index (χ0v) is 9.32. The van der Waals surface area contributed by atoms with Crippen molar-refractivity contribution >= 4 is 11.6 Å². The minimum atomic E-state index is -0.480. The quantitative estimate of drug-likeness (QED) is 0.785. The van der Waals surface area contributed by atoms with E-state index in [0.29, 0.717) is 5.69 Å². The van der Waals surface area contributed by atoms with Crippen LogP contribution in [0.4, 0.5) is 5.69 Å². The number of pyridine rings is 1. The van der Waals surface area contributed by atoms with Crippen molar-refractivity contribution in [3.8, 4) is 0 Å². The number of nitrogens with two attached hydrogens (primary N) is 1. The fraction of sp³-hybridized carbons (Fsp3) is 0.455. The standard InChI is InChI=1S/C11H17N3O/c1-7(2)10(12)11(15)14-9-5-4-8(3)13-6-9/h4-7,10H,12H2,1-3H3,(H,14,15)/t10-/m1/s1. The molecule has 1 rings (SSSR count). The summed E-state index contributed by atoms with van der Waals surface area (Å²) in [6.45, 7) is 5.72. The topological polar surface area (TPSA) is 68.0 Å². The smallest absolute Gasteiger partial charge is 0.241 e. The molecule has 82 valence electrons. The molecule has 0 fully saturated rings. The van der Waals surface area contributed by atoms with Crippen LogP contribution in [-0.4, -0.2) is 16.9 Å². The summed E-state index contributed by atoms with van der Waals surface area (Å²) in [5.74, 6) is -0.0425. The van der Waals surface area contributed by atoms with Gasteiger partial charge in [-0.3, -0.25) is 9.78 Å². The number of rotatable bonds is 3. The molecule has 1 amide bonds. The highest BCUT2D eigenvalue weighted by Crippen LogP contribution is 2.07. The average molecular weight is 207 g/mol. The second-order valence-electron chi connectivity index (χ2n) is 3.95. The molecule has 0 bridgehead atoms. The molecule has 0 aliphatic carbocycles. The first-order chi connectivity index (χ1) is 7.00. The van der Waals surface area contributed by atoms with Crippen molar-refractivity contribution in [2.24, 2.45) is 11.7 Å². The number of carbonyl (C=O) groups is 1. The number of aryl methyl sites for hydroxylation is 1. The van der Waals surface area contributed by atoms with Gasteiger partial charge in [0.2, 0.25) is 5.91 Å². The molecule has 0 unspecified atom stereocenters. The van der Waals surface area contributed by atoms with Crippen LogP contribution in [0.15, 0.2) is 18.3 Å². The van der Waals surface area contributed by atoms with Gasteiger partial charge in [0.05, 0.1) is 17.9 Å². The van der Waals surface area contributed by atoms with E-state index in [0.717, 1.165) is 5.69 Å². The van der Waals surface area contributed by atoms with E-state index in [1.54, 1.807) is 6.20 Å². The molecule has 0 saturated carbocycles. The Labute approximate surface area is 89.9 Å². The van der Waals surface area contributed by atoms with Crippen molar-refractivity contribution in [3.05, 3.63) is 24.0 Å². The van der Waals surface area contributed by atoms with Crippen LogP contribution in [0.25, 0.3) is 0 Å². The van der Waals surface area contributed by atoms with E-state index in [2.05, 4.69) is 10.3 Å². The van der Waals surface area contributed by atoms with Gasteiger partial charge in [-0.2, -0.15) is 0 Å². The van der Waals surface area contributed by atoms with Gasteiger partial charge in [-0.1, -0.05) is 13.8 Å². The summed E-state index contributed by atoms with van der Waals surface area (Å²) < 4.78 is 0. The van der Waals surface area contributed by atoms with Crippen molar-refractivity contribution in [2.75, 3.05) is 5.32 Å². The van der Waals surface area contributed by atoms with Crippen LogP contribution in [0.3, 0.4) is 0 Å². The van der Waals surface area contributed by atoms with Crippen LogP contribution in [0.1, 0.15) is 19.5 Å². The number of nitrogens with one attached hydrogen (secondary N) is 1. The first-order valence-corrected chi connectivity index (χ1v) is 5.00. The molecule has 4 nitrogen and oxygen atoms in total. The Kier molecular flexibility index (Phi) is 3.80. The lowest BCUT2D eigenvalue weighted by atomic mass is 10.1. The number of hydrogen-bond donors (Lipinski definition) is 2. The largest absolute Gasteiger partial charge is 0.323 e. The molecule has 0 radical (unpaired) electrons. The fourth-order valence-corrected chi connectivity index (χ4v) is 1.07. The predicted molar refractivity (Wildman–Crippen MR) is 60.4 cm³/mol. The van der Waals surface area contributed by atoms with Gasteiger partial charge in [-0.25, -0.2) is 0 Å². The first-order valence-electron chi connectivity index (χ1n) is 5.00. The van der Waals surface area contributed by atoms with Crippen LogP contribution in [0.5, 0.6) is 0 Å². The Morgan fingerprint density at radius 2 is 2.13 bits per heavy atom. The third kappa shape index (κ3) is 3.32. The van der Waals surface area contributed by atoms with E-state index in [4.69, 9.17) is 5.73 Å². The first kappa shape index (κ1) is 11.7. The lowest BCUT2D eigenvalue weighted by Gasteiger charge is -2.15. The molecule has 3 N–H and O–H groups in total. The summed E-state index contributed by atoms with van der Waals surface area (Å²) in [6.07, 6.45) is 1.63. The summed E-state index contributed by atoms with van der Waals surface area (Å²) >= 11 is 0. The molecule has 4 heteroatoms. The van der Waals surface area contributed by atoms with Crippen LogP contribution in [0.2, 0.25) is 0 Å². The Morgan fingerprint density at radius 1 is 1.47 bits per heavy atom. The van der Waals surface area contributed by atoms with E-state index in [-0.39, 0.29) is 11.8 Å². The third-order valence-corrected chi connectivity index (χ3v) is 2.20. The van der Waals surface area contributed by atoms with Crippen LogP contribution in [-0.2, 0) is 4.79 Å². The molecule has 0 spiro atoms. The molecule has 1 atom stereocenters. The highest BCUT2D eigenvalue weighted by atomic mass is 16.2. The van der Waals surface area contributed by atoms with Gasteiger partial charge in [0.15, 0.2) is 0 Å². The van der Waals surface area contributed by atoms with Gasteiger partial charge < -0.3 is 11.1 Å². The number of anilines is 1. The Hall–Kier alpha value is -1.42. The molecule has 1 aromatic heterocycles. The third-order valence-electron chi connectivity index (χ3n) is 2.20. The zero-order chi connectivity index (χ0) is 11.4. The van der Waals surface area contributed by atoms with E-state index in [1.165, 1.54) is 0 Å². The minimum absolute atomic E-state index is 0.128. The summed E-state index contributed by atoms with van der Waals surface area (Å²) in [5, 5.41) is 2.72. The van der Waals surface area contributed by atoms with E-state index >= 15 is 0 Å². The molecule has 1 aromatic rings. The maximum absolute atomic E-state index is 11.6. The molecular weight excluding hydrogens is 190 g/mol. The molecule has 0 aromatic carbocycles. The van der Waals surface area contributed by atoms with Gasteiger partial charge in [0.25, 0.3) is 0 Å². The Morgan fingerprint density at radius 3 is 2.60 bits per heavy atom. The van der Waals surface area contributed by atoms with E-state index in [1.807, 2.05) is 32.9 Å². The van der Waals surface area contributed by atoms with E-state index < -0.39 is 6.04 Å². The monoisotopic (exact) mass is 207 g/mol. The number of hydrogen-bond acceptors (Lipinski definition) is 3. The van der Waals surface area contributed by atoms with Crippen molar-refractivity contribution in [2.45, 2.75) is 26.8 Å². The van der Waals surface area contributed by atoms with Crippen molar-refractivity contribution in [1.29, 1.82) is 0 Å². The van der Waals surface area contributed by atoms with Crippen LogP contribution < -0.4 is 11.1 Å². The summed E-state index contributed by atoms with van der Waals surface area (Å²) in [4.78, 5) is 15.7. The van der Waals surface area contributed by atoms with E-state index in [9.17, 15) is 4.79 Å². The van der Waals surface area contributed by atoms with Gasteiger partial charge in [-0.15, -0.1) is 0 Å². The summed E-state index contributed by atoms with van der Waals surface area (Å²) in [6, 6.07) is 3.18. The maximum atomic E-state index is 11.6. The van der Waals surface area contributed by atoms with Gasteiger partial charge in [0, 0.05) is 5.69 Å². The SMILES string of the molecule is Cc1ccc(NC(=O)[C@H](N)C(C)C)cn1. The molecule has 0 aliphatic heterocycles. The molecule has 0 aliphatic rings. The van der Waals surface area contributed by atoms with Gasteiger partial charge in [0.1, 0.15) is 0 Å². The predicted octanol–water partition coefficient (Wildman–Crippen LogP) is 1.31. The molecule has 0 saturated heterocycles. The van der Waals surface area contributed by atoms with Crippen molar-refractivity contribution < 1.29 is 4.79 Å². The lowest BCUT2D eigenvalue weighted by Crippen LogP contribution is -2.39. The fourth-order valence-electron chi connectivity index (χ4n) is 1.07. The maximum Gasteiger partial charge on any atom is 0.241 e. The average Bonchev–Trinajstić information content (AvgIpc) is 2.20. The number of nitrogens with zero attached hydrogens (tertiary/aromatic N) is 1. The minimum Gasteiger partial charge on any atom is -0.323 e. The number of carbonyl (C=O) groups excluding carboxylic acids is 1. The van der Waals surface area contributed by atoms with Crippen molar-refractivity contribution in [1.82, 2.24) is 4.98 Å². The summed E-state index contributed by atoms with van der Waals surface area (Å²) in [5.41, 5.74) is 7.31. The normalized spacial score (nSPS) is 12.6. The highest BCUT2D eigenvalue weighted by Gasteiger charge is 2.16. The molecule has 1 heterocycles. The lowest BCUT2D eigenvalue weighted by molar-refractivity contribution is -0.118. The van der Waals surface area contributed by atoms with Crippen LogP contribution in [0, 0.1) is 12.8 Å². The Bertz CT molecular complexity index is 332. The molecular formula is C11H17N3O. The zero-order valence-electron chi connectivity index (χ0n) is 9.32.